The van der Waals surface area contributed by atoms with E-state index in [-0.39, 0.29) is 18.2 Å². The summed E-state index contributed by atoms with van der Waals surface area (Å²) in [7, 11) is 0. The van der Waals surface area contributed by atoms with Crippen LogP contribution in [0.3, 0.4) is 0 Å². The topological polar surface area (TPSA) is 75.7 Å². The Morgan fingerprint density at radius 3 is 1.72 bits per heavy atom. The summed E-state index contributed by atoms with van der Waals surface area (Å²) in [6, 6.07) is -0.738. The molecule has 1 aliphatic heterocycles. The SMILES string of the molecule is CCCCCCCCCCCCCCCCCCCCCC(=O)N1CCNC(=O)C1CC(=O)OCCC(C)C. The molecular formula is C33H62N2O4. The molecule has 1 fully saturated rings. The Balaban J connectivity index is 2.00. The van der Waals surface area contributed by atoms with Gasteiger partial charge in [-0.25, -0.2) is 0 Å². The highest BCUT2D eigenvalue weighted by molar-refractivity contribution is 5.91. The molecule has 0 spiro atoms. The summed E-state index contributed by atoms with van der Waals surface area (Å²) in [5, 5.41) is 2.79. The van der Waals surface area contributed by atoms with Gasteiger partial charge in [0.1, 0.15) is 6.04 Å². The first-order valence-electron chi connectivity index (χ1n) is 16.7. The number of nitrogens with one attached hydrogen (secondary N) is 1. The molecule has 2 amide bonds. The molecule has 1 heterocycles. The molecule has 0 aromatic heterocycles. The predicted molar refractivity (Wildman–Crippen MR) is 162 cm³/mol. The number of esters is 1. The van der Waals surface area contributed by atoms with E-state index in [2.05, 4.69) is 26.1 Å². The number of carbonyl (C=O) groups excluding carboxylic acids is 3. The third-order valence-electron chi connectivity index (χ3n) is 7.96. The highest BCUT2D eigenvalue weighted by Gasteiger charge is 2.34. The Morgan fingerprint density at radius 1 is 0.795 bits per heavy atom. The number of ether oxygens (including phenoxy) is 1. The van der Waals surface area contributed by atoms with Crippen molar-refractivity contribution in [1.82, 2.24) is 10.2 Å². The second-order valence-corrected chi connectivity index (χ2v) is 12.1. The fourth-order valence-electron chi connectivity index (χ4n) is 5.34. The van der Waals surface area contributed by atoms with Crippen molar-refractivity contribution in [2.75, 3.05) is 19.7 Å². The molecule has 228 valence electrons. The number of hydrogen-bond acceptors (Lipinski definition) is 4. The number of hydrogen-bond donors (Lipinski definition) is 1. The van der Waals surface area contributed by atoms with Gasteiger partial charge in [-0.1, -0.05) is 136 Å². The summed E-state index contributed by atoms with van der Waals surface area (Å²) in [6.07, 6.45) is 26.4. The molecule has 0 aliphatic carbocycles. The van der Waals surface area contributed by atoms with Gasteiger partial charge in [0.15, 0.2) is 0 Å². The fourth-order valence-corrected chi connectivity index (χ4v) is 5.34. The standard InChI is InChI=1S/C33H62N2O4/c1-4-5-6-7-8-9-10-11-12-13-14-15-16-17-18-19-20-21-22-23-31(36)35-26-25-34-33(38)30(35)28-32(37)39-27-24-29(2)3/h29-30H,4-28H2,1-3H3,(H,34,38). The van der Waals surface area contributed by atoms with Gasteiger partial charge in [0, 0.05) is 19.5 Å². The largest absolute Gasteiger partial charge is 0.466 e. The number of amides is 2. The average Bonchev–Trinajstić information content (AvgIpc) is 2.90. The predicted octanol–water partition coefficient (Wildman–Crippen LogP) is 8.11. The van der Waals surface area contributed by atoms with Crippen LogP contribution in [0.1, 0.15) is 162 Å². The first-order valence-corrected chi connectivity index (χ1v) is 16.7. The van der Waals surface area contributed by atoms with Crippen molar-refractivity contribution in [1.29, 1.82) is 0 Å². The highest BCUT2D eigenvalue weighted by atomic mass is 16.5. The summed E-state index contributed by atoms with van der Waals surface area (Å²) >= 11 is 0. The number of nitrogens with zero attached hydrogens (tertiary/aromatic N) is 1. The minimum absolute atomic E-state index is 0.0168. The lowest BCUT2D eigenvalue weighted by atomic mass is 10.0. The van der Waals surface area contributed by atoms with Crippen LogP contribution in [0, 0.1) is 5.92 Å². The van der Waals surface area contributed by atoms with E-state index in [9.17, 15) is 14.4 Å². The fraction of sp³-hybridized carbons (Fsp3) is 0.909. The average molecular weight is 551 g/mol. The van der Waals surface area contributed by atoms with Crippen LogP contribution >= 0.6 is 0 Å². The van der Waals surface area contributed by atoms with Gasteiger partial charge in [0.25, 0.3) is 0 Å². The van der Waals surface area contributed by atoms with Crippen molar-refractivity contribution < 1.29 is 19.1 Å². The summed E-state index contributed by atoms with van der Waals surface area (Å²) in [5.41, 5.74) is 0. The lowest BCUT2D eigenvalue weighted by Gasteiger charge is -2.34. The number of piperazine rings is 1. The lowest BCUT2D eigenvalue weighted by molar-refractivity contribution is -0.152. The van der Waals surface area contributed by atoms with Crippen LogP contribution in [-0.2, 0) is 19.1 Å². The normalized spacial score (nSPS) is 15.5. The molecule has 1 saturated heterocycles. The van der Waals surface area contributed by atoms with E-state index in [0.29, 0.717) is 32.0 Å². The maximum atomic E-state index is 12.8. The van der Waals surface area contributed by atoms with Crippen LogP contribution in [0.2, 0.25) is 0 Å². The van der Waals surface area contributed by atoms with Crippen molar-refractivity contribution in [3.63, 3.8) is 0 Å². The van der Waals surface area contributed by atoms with Crippen molar-refractivity contribution in [3.8, 4) is 0 Å². The Morgan fingerprint density at radius 2 is 1.26 bits per heavy atom. The molecule has 1 N–H and O–H groups in total. The molecule has 0 radical (unpaired) electrons. The van der Waals surface area contributed by atoms with Crippen LogP contribution in [0.5, 0.6) is 0 Å². The van der Waals surface area contributed by atoms with Gasteiger partial charge in [-0.3, -0.25) is 14.4 Å². The molecule has 0 bridgehead atoms. The summed E-state index contributed by atoms with van der Waals surface area (Å²) in [4.78, 5) is 39.0. The van der Waals surface area contributed by atoms with Crippen LogP contribution in [0.25, 0.3) is 0 Å². The van der Waals surface area contributed by atoms with Gasteiger partial charge in [0.2, 0.25) is 11.8 Å². The van der Waals surface area contributed by atoms with Crippen LogP contribution in [0.4, 0.5) is 0 Å². The second kappa shape index (κ2) is 24.2. The van der Waals surface area contributed by atoms with Crippen LogP contribution < -0.4 is 5.32 Å². The third kappa shape index (κ3) is 19.2. The molecule has 0 aromatic carbocycles. The Labute approximate surface area is 240 Å². The zero-order valence-electron chi connectivity index (χ0n) is 25.9. The van der Waals surface area contributed by atoms with E-state index in [4.69, 9.17) is 4.74 Å². The number of carbonyl (C=O) groups is 3. The van der Waals surface area contributed by atoms with Gasteiger partial charge in [-0.15, -0.1) is 0 Å². The van der Waals surface area contributed by atoms with Crippen molar-refractivity contribution in [2.45, 2.75) is 168 Å². The molecular weight excluding hydrogens is 488 g/mol. The molecule has 39 heavy (non-hydrogen) atoms. The highest BCUT2D eigenvalue weighted by Crippen LogP contribution is 2.17. The summed E-state index contributed by atoms with van der Waals surface area (Å²) in [6.45, 7) is 7.70. The van der Waals surface area contributed by atoms with E-state index >= 15 is 0 Å². The van der Waals surface area contributed by atoms with Gasteiger partial charge in [0.05, 0.1) is 13.0 Å². The van der Waals surface area contributed by atoms with E-state index in [1.165, 1.54) is 103 Å². The van der Waals surface area contributed by atoms with E-state index in [1.54, 1.807) is 4.90 Å². The maximum Gasteiger partial charge on any atom is 0.308 e. The van der Waals surface area contributed by atoms with E-state index in [0.717, 1.165) is 25.7 Å². The quantitative estimate of drug-likeness (QED) is 0.0920. The molecule has 1 rings (SSSR count). The van der Waals surface area contributed by atoms with E-state index in [1.807, 2.05) is 0 Å². The first kappa shape index (κ1) is 35.4. The Hall–Kier alpha value is -1.59. The minimum Gasteiger partial charge on any atom is -0.466 e. The third-order valence-corrected chi connectivity index (χ3v) is 7.96. The Bertz CT molecular complexity index is 637. The van der Waals surface area contributed by atoms with Gasteiger partial charge >= 0.3 is 5.97 Å². The number of rotatable bonds is 25. The molecule has 0 aromatic rings. The summed E-state index contributed by atoms with van der Waals surface area (Å²) in [5.74, 6) is -0.215. The van der Waals surface area contributed by atoms with Crippen molar-refractivity contribution in [2.24, 2.45) is 5.92 Å². The maximum absolute atomic E-state index is 12.8. The van der Waals surface area contributed by atoms with Crippen molar-refractivity contribution in [3.05, 3.63) is 0 Å². The minimum atomic E-state index is -0.738. The molecule has 6 heteroatoms. The zero-order chi connectivity index (χ0) is 28.6. The molecule has 1 atom stereocenters. The van der Waals surface area contributed by atoms with Crippen molar-refractivity contribution >= 4 is 17.8 Å². The molecule has 0 saturated carbocycles. The summed E-state index contributed by atoms with van der Waals surface area (Å²) < 4.78 is 5.28. The van der Waals surface area contributed by atoms with Gasteiger partial charge in [-0.2, -0.15) is 0 Å². The Kier molecular flexibility index (Phi) is 22.0. The van der Waals surface area contributed by atoms with Gasteiger partial charge in [-0.05, 0) is 18.8 Å². The smallest absolute Gasteiger partial charge is 0.308 e. The molecule has 6 nitrogen and oxygen atoms in total. The van der Waals surface area contributed by atoms with Gasteiger partial charge < -0.3 is 15.0 Å². The lowest BCUT2D eigenvalue weighted by Crippen LogP contribution is -2.57. The van der Waals surface area contributed by atoms with Crippen LogP contribution in [0.15, 0.2) is 0 Å². The monoisotopic (exact) mass is 550 g/mol. The second-order valence-electron chi connectivity index (χ2n) is 12.1. The first-order chi connectivity index (χ1) is 19.0. The van der Waals surface area contributed by atoms with E-state index < -0.39 is 12.0 Å². The molecule has 1 aliphatic rings. The molecule has 1 unspecified atom stereocenters. The van der Waals surface area contributed by atoms with Crippen LogP contribution in [-0.4, -0.2) is 48.4 Å². The number of unbranched alkanes of at least 4 members (excludes halogenated alkanes) is 18. The zero-order valence-corrected chi connectivity index (χ0v) is 25.9.